The minimum atomic E-state index is 0.779. The third-order valence-electron chi connectivity index (χ3n) is 2.66. The van der Waals surface area contributed by atoms with Crippen LogP contribution in [0.5, 0.6) is 0 Å². The zero-order valence-electron chi connectivity index (χ0n) is 10.0. The fourth-order valence-electron chi connectivity index (χ4n) is 1.78. The lowest BCUT2D eigenvalue weighted by Gasteiger charge is -1.99. The highest BCUT2D eigenvalue weighted by atomic mass is 79.9. The molecule has 3 nitrogen and oxygen atoms in total. The van der Waals surface area contributed by atoms with E-state index in [1.807, 2.05) is 7.05 Å². The highest BCUT2D eigenvalue weighted by Gasteiger charge is 2.06. The van der Waals surface area contributed by atoms with Crippen molar-refractivity contribution in [2.24, 2.45) is 0 Å². The molecule has 0 unspecified atom stereocenters. The third kappa shape index (κ3) is 3.17. The molecule has 0 saturated carbocycles. The van der Waals surface area contributed by atoms with Crippen LogP contribution in [0.2, 0.25) is 0 Å². The van der Waals surface area contributed by atoms with E-state index < -0.39 is 0 Å². The van der Waals surface area contributed by atoms with Crippen molar-refractivity contribution < 1.29 is 0 Å². The second-order valence-electron chi connectivity index (χ2n) is 4.09. The number of hydrogen-bond acceptors (Lipinski definition) is 2. The Morgan fingerprint density at radius 1 is 1.29 bits per heavy atom. The first kappa shape index (κ1) is 12.3. The summed E-state index contributed by atoms with van der Waals surface area (Å²) >= 11 is 3.44. The van der Waals surface area contributed by atoms with Gasteiger partial charge in [0.25, 0.3) is 0 Å². The maximum Gasteiger partial charge on any atom is 0.120 e. The van der Waals surface area contributed by atoms with Gasteiger partial charge in [-0.15, -0.1) is 0 Å². The summed E-state index contributed by atoms with van der Waals surface area (Å²) in [4.78, 5) is 7.88. The molecule has 0 spiro atoms. The van der Waals surface area contributed by atoms with Crippen LogP contribution in [0.25, 0.3) is 0 Å². The smallest absolute Gasteiger partial charge is 0.120 e. The predicted octanol–water partition coefficient (Wildman–Crippen LogP) is 2.79. The van der Waals surface area contributed by atoms with E-state index in [0.29, 0.717) is 0 Å². The molecule has 1 aromatic carbocycles. The first-order chi connectivity index (χ1) is 8.19. The van der Waals surface area contributed by atoms with Crippen LogP contribution in [0.3, 0.4) is 0 Å². The van der Waals surface area contributed by atoms with Gasteiger partial charge in [-0.3, -0.25) is 0 Å². The van der Waals surface area contributed by atoms with Crippen LogP contribution in [0.4, 0.5) is 0 Å². The Morgan fingerprint density at radius 3 is 2.65 bits per heavy atom. The largest absolute Gasteiger partial charge is 0.345 e. The molecule has 1 heterocycles. The Balaban J connectivity index is 2.15. The minimum Gasteiger partial charge on any atom is -0.345 e. The van der Waals surface area contributed by atoms with Gasteiger partial charge in [0.1, 0.15) is 5.82 Å². The van der Waals surface area contributed by atoms with Crippen molar-refractivity contribution >= 4 is 15.9 Å². The molecule has 17 heavy (non-hydrogen) atoms. The lowest BCUT2D eigenvalue weighted by molar-refractivity contribution is 0.768. The molecule has 0 aliphatic heterocycles. The summed E-state index contributed by atoms with van der Waals surface area (Å²) in [5, 5.41) is 3.10. The van der Waals surface area contributed by atoms with Crippen LogP contribution in [0, 0.1) is 6.92 Å². The van der Waals surface area contributed by atoms with Crippen molar-refractivity contribution in [3.8, 4) is 0 Å². The van der Waals surface area contributed by atoms with Gasteiger partial charge >= 0.3 is 0 Å². The van der Waals surface area contributed by atoms with Gasteiger partial charge in [-0.05, 0) is 31.7 Å². The van der Waals surface area contributed by atoms with Crippen LogP contribution in [-0.2, 0) is 13.0 Å². The van der Waals surface area contributed by atoms with Crippen molar-refractivity contribution in [3.63, 3.8) is 0 Å². The molecule has 4 heteroatoms. The number of aromatic amines is 1. The fraction of sp³-hybridized carbons (Fsp3) is 0.308. The van der Waals surface area contributed by atoms with Crippen molar-refractivity contribution in [2.75, 3.05) is 7.05 Å². The molecular formula is C13H16BrN3. The Bertz CT molecular complexity index is 488. The maximum absolute atomic E-state index is 4.59. The van der Waals surface area contributed by atoms with Gasteiger partial charge in [0.2, 0.25) is 0 Å². The van der Waals surface area contributed by atoms with Crippen LogP contribution < -0.4 is 5.32 Å². The van der Waals surface area contributed by atoms with Crippen molar-refractivity contribution in [2.45, 2.75) is 19.9 Å². The Labute approximate surface area is 110 Å². The first-order valence-electron chi connectivity index (χ1n) is 5.62. The monoisotopic (exact) mass is 293 g/mol. The zero-order valence-corrected chi connectivity index (χ0v) is 11.6. The van der Waals surface area contributed by atoms with Crippen LogP contribution >= 0.6 is 15.9 Å². The summed E-state index contributed by atoms with van der Waals surface area (Å²) in [7, 11) is 1.92. The first-order valence-corrected chi connectivity index (χ1v) is 6.41. The summed E-state index contributed by atoms with van der Waals surface area (Å²) in [6.45, 7) is 2.85. The molecular weight excluding hydrogens is 278 g/mol. The summed E-state index contributed by atoms with van der Waals surface area (Å²) in [5.41, 5.74) is 3.55. The fourth-order valence-corrected chi connectivity index (χ4v) is 2.05. The predicted molar refractivity (Wildman–Crippen MR) is 73.0 cm³/mol. The quantitative estimate of drug-likeness (QED) is 0.910. The number of aromatic nitrogens is 2. The SMILES string of the molecule is CNCc1nc(Cc2ccc(Br)cc2)c(C)[nH]1. The Kier molecular flexibility index (Phi) is 3.97. The molecule has 2 aromatic rings. The number of nitrogens with one attached hydrogen (secondary N) is 2. The molecule has 90 valence electrons. The zero-order chi connectivity index (χ0) is 12.3. The summed E-state index contributed by atoms with van der Waals surface area (Å²) in [6.07, 6.45) is 0.874. The number of imidazole rings is 1. The molecule has 0 aliphatic rings. The van der Waals surface area contributed by atoms with E-state index in [1.165, 1.54) is 5.56 Å². The number of nitrogens with zero attached hydrogens (tertiary/aromatic N) is 1. The average molecular weight is 294 g/mol. The number of hydrogen-bond donors (Lipinski definition) is 2. The van der Waals surface area contributed by atoms with E-state index in [2.05, 4.69) is 62.4 Å². The van der Waals surface area contributed by atoms with Crippen molar-refractivity contribution in [1.29, 1.82) is 0 Å². The Morgan fingerprint density at radius 2 is 2.00 bits per heavy atom. The maximum atomic E-state index is 4.59. The number of rotatable bonds is 4. The number of benzene rings is 1. The molecule has 0 aliphatic carbocycles. The summed E-state index contributed by atoms with van der Waals surface area (Å²) in [5.74, 6) is 0.997. The lowest BCUT2D eigenvalue weighted by Crippen LogP contribution is -2.06. The Hall–Kier alpha value is -1.13. The second-order valence-corrected chi connectivity index (χ2v) is 5.00. The van der Waals surface area contributed by atoms with E-state index in [0.717, 1.165) is 34.7 Å². The van der Waals surface area contributed by atoms with Gasteiger partial charge in [0.15, 0.2) is 0 Å². The molecule has 0 bridgehead atoms. The standard InChI is InChI=1S/C13H16BrN3/c1-9-12(17-13(16-9)8-15-2)7-10-3-5-11(14)6-4-10/h3-6,15H,7-8H2,1-2H3,(H,16,17). The van der Waals surface area contributed by atoms with Gasteiger partial charge in [0, 0.05) is 16.6 Å². The van der Waals surface area contributed by atoms with Gasteiger partial charge in [-0.25, -0.2) is 4.98 Å². The number of H-pyrrole nitrogens is 1. The van der Waals surface area contributed by atoms with Crippen molar-refractivity contribution in [1.82, 2.24) is 15.3 Å². The minimum absolute atomic E-state index is 0.779. The lowest BCUT2D eigenvalue weighted by atomic mass is 10.1. The molecule has 0 fully saturated rings. The van der Waals surface area contributed by atoms with E-state index >= 15 is 0 Å². The van der Waals surface area contributed by atoms with Gasteiger partial charge in [0.05, 0.1) is 12.2 Å². The van der Waals surface area contributed by atoms with Crippen LogP contribution in [0.1, 0.15) is 22.8 Å². The highest BCUT2D eigenvalue weighted by Crippen LogP contribution is 2.15. The number of aryl methyl sites for hydroxylation is 1. The highest BCUT2D eigenvalue weighted by molar-refractivity contribution is 9.10. The molecule has 0 atom stereocenters. The molecule has 2 N–H and O–H groups in total. The van der Waals surface area contributed by atoms with Crippen LogP contribution in [0.15, 0.2) is 28.7 Å². The van der Waals surface area contributed by atoms with Crippen LogP contribution in [-0.4, -0.2) is 17.0 Å². The van der Waals surface area contributed by atoms with Gasteiger partial charge in [-0.2, -0.15) is 0 Å². The average Bonchev–Trinajstić information content (AvgIpc) is 2.63. The van der Waals surface area contributed by atoms with Gasteiger partial charge < -0.3 is 10.3 Å². The third-order valence-corrected chi connectivity index (χ3v) is 3.19. The summed E-state index contributed by atoms with van der Waals surface area (Å²) < 4.78 is 1.11. The van der Waals surface area contributed by atoms with Crippen molar-refractivity contribution in [3.05, 3.63) is 51.5 Å². The molecule has 0 amide bonds. The molecule has 0 saturated heterocycles. The van der Waals surface area contributed by atoms with E-state index in [9.17, 15) is 0 Å². The summed E-state index contributed by atoms with van der Waals surface area (Å²) in [6, 6.07) is 8.36. The van der Waals surface area contributed by atoms with Gasteiger partial charge in [-0.1, -0.05) is 28.1 Å². The van der Waals surface area contributed by atoms with E-state index in [4.69, 9.17) is 0 Å². The second kappa shape index (κ2) is 5.47. The van der Waals surface area contributed by atoms with E-state index in [-0.39, 0.29) is 0 Å². The molecule has 0 radical (unpaired) electrons. The number of halogens is 1. The normalized spacial score (nSPS) is 10.8. The molecule has 1 aromatic heterocycles. The van der Waals surface area contributed by atoms with E-state index in [1.54, 1.807) is 0 Å². The topological polar surface area (TPSA) is 40.7 Å². The molecule has 2 rings (SSSR count).